The van der Waals surface area contributed by atoms with Gasteiger partial charge >= 0.3 is 12.3 Å². The first-order valence-electron chi connectivity index (χ1n) is 9.23. The number of nitrogens with one attached hydrogen (secondary N) is 3. The molecule has 1 aromatic heterocycles. The molecule has 0 saturated heterocycles. The van der Waals surface area contributed by atoms with Gasteiger partial charge in [0.25, 0.3) is 0 Å². The fraction of sp³-hybridized carbons (Fsp3) is 0.667. The van der Waals surface area contributed by atoms with Crippen molar-refractivity contribution in [3.63, 3.8) is 0 Å². The molecule has 0 radical (unpaired) electrons. The highest BCUT2D eigenvalue weighted by Crippen LogP contribution is 2.26. The zero-order valence-electron chi connectivity index (χ0n) is 16.3. The molecular weight excluding hydrogens is 375 g/mol. The second-order valence-electron chi connectivity index (χ2n) is 7.96. The number of alkyl halides is 3. The molecule has 1 heterocycles. The molecule has 1 fully saturated rings. The lowest BCUT2D eigenvalue weighted by molar-refractivity contribution is -0.115. The van der Waals surface area contributed by atoms with Gasteiger partial charge in [-0.25, -0.2) is 9.78 Å². The van der Waals surface area contributed by atoms with E-state index in [1.54, 1.807) is 0 Å². The molecule has 1 aromatic rings. The van der Waals surface area contributed by atoms with Crippen molar-refractivity contribution < 1.29 is 22.7 Å². The molecule has 2 rings (SSSR count). The number of hydrogen-bond acceptors (Lipinski definition) is 6. The summed E-state index contributed by atoms with van der Waals surface area (Å²) in [5.74, 6) is 0.461. The van der Waals surface area contributed by atoms with Crippen molar-refractivity contribution in [1.82, 2.24) is 10.3 Å². The van der Waals surface area contributed by atoms with Crippen molar-refractivity contribution in [3.05, 3.63) is 12.3 Å². The van der Waals surface area contributed by atoms with Crippen LogP contribution in [-0.4, -0.2) is 41.5 Å². The third kappa shape index (κ3) is 7.69. The third-order valence-electron chi connectivity index (χ3n) is 4.21. The Labute approximate surface area is 162 Å². The van der Waals surface area contributed by atoms with Gasteiger partial charge in [-0.2, -0.15) is 13.2 Å². The van der Waals surface area contributed by atoms with E-state index >= 15 is 0 Å². The maximum absolute atomic E-state index is 12.4. The Bertz CT molecular complexity index is 668. The molecule has 0 unspecified atom stereocenters. The number of carbonyl (C=O) groups is 1. The van der Waals surface area contributed by atoms with Crippen LogP contribution in [0.3, 0.4) is 0 Å². The highest BCUT2D eigenvalue weighted by molar-refractivity contribution is 5.69. The molecule has 10 heteroatoms. The summed E-state index contributed by atoms with van der Waals surface area (Å²) in [6.07, 6.45) is -0.310. The van der Waals surface area contributed by atoms with Gasteiger partial charge in [0.2, 0.25) is 0 Å². The molecule has 5 N–H and O–H groups in total. The number of rotatable bonds is 5. The van der Waals surface area contributed by atoms with E-state index in [1.807, 2.05) is 20.8 Å². The molecule has 7 nitrogen and oxygen atoms in total. The second-order valence-corrected chi connectivity index (χ2v) is 7.96. The average molecular weight is 403 g/mol. The Balaban J connectivity index is 1.83. The maximum Gasteiger partial charge on any atom is 0.407 e. The SMILES string of the molecule is CC(C)(C)OC(=O)NC1CCC(Nc2cc(NCC(F)(F)F)c(N)cn2)CC1. The van der Waals surface area contributed by atoms with Gasteiger partial charge in [0, 0.05) is 18.2 Å². The van der Waals surface area contributed by atoms with Crippen LogP contribution < -0.4 is 21.7 Å². The number of pyridine rings is 1. The summed E-state index contributed by atoms with van der Waals surface area (Å²) >= 11 is 0. The lowest BCUT2D eigenvalue weighted by Crippen LogP contribution is -2.42. The minimum absolute atomic E-state index is 0.0382. The Kier molecular flexibility index (Phi) is 6.84. The monoisotopic (exact) mass is 403 g/mol. The zero-order chi connectivity index (χ0) is 20.9. The van der Waals surface area contributed by atoms with E-state index in [-0.39, 0.29) is 23.5 Å². The van der Waals surface area contributed by atoms with Crippen LogP contribution in [0.4, 0.5) is 35.2 Å². The number of aromatic nitrogens is 1. The number of carbonyl (C=O) groups excluding carboxylic acids is 1. The fourth-order valence-electron chi connectivity index (χ4n) is 2.96. The molecule has 0 bridgehead atoms. The predicted molar refractivity (Wildman–Crippen MR) is 102 cm³/mol. The van der Waals surface area contributed by atoms with Crippen LogP contribution in [-0.2, 0) is 4.74 Å². The molecule has 0 atom stereocenters. The zero-order valence-corrected chi connectivity index (χ0v) is 16.3. The van der Waals surface area contributed by atoms with Crippen molar-refractivity contribution >= 4 is 23.3 Å². The minimum Gasteiger partial charge on any atom is -0.444 e. The first-order valence-corrected chi connectivity index (χ1v) is 9.23. The molecule has 28 heavy (non-hydrogen) atoms. The summed E-state index contributed by atoms with van der Waals surface area (Å²) in [5.41, 5.74) is 5.49. The summed E-state index contributed by atoms with van der Waals surface area (Å²) < 4.78 is 42.4. The smallest absolute Gasteiger partial charge is 0.407 e. The average Bonchev–Trinajstić information content (AvgIpc) is 2.54. The van der Waals surface area contributed by atoms with Gasteiger partial charge in [-0.15, -0.1) is 0 Å². The van der Waals surface area contributed by atoms with Crippen molar-refractivity contribution in [2.45, 2.75) is 70.3 Å². The van der Waals surface area contributed by atoms with Crippen LogP contribution in [0.1, 0.15) is 46.5 Å². The number of halogens is 3. The molecule has 1 aliphatic rings. The first kappa shape index (κ1) is 21.9. The third-order valence-corrected chi connectivity index (χ3v) is 4.21. The number of nitrogens with zero attached hydrogens (tertiary/aromatic N) is 1. The van der Waals surface area contributed by atoms with E-state index in [0.717, 1.165) is 25.7 Å². The molecular formula is C18H28F3N5O2. The van der Waals surface area contributed by atoms with Crippen molar-refractivity contribution in [3.8, 4) is 0 Å². The Morgan fingerprint density at radius 3 is 2.39 bits per heavy atom. The van der Waals surface area contributed by atoms with Gasteiger partial charge in [0.15, 0.2) is 0 Å². The molecule has 1 saturated carbocycles. The molecule has 0 spiro atoms. The predicted octanol–water partition coefficient (Wildman–Crippen LogP) is 3.89. The summed E-state index contributed by atoms with van der Waals surface area (Å²) in [6, 6.07) is 1.63. The van der Waals surface area contributed by atoms with E-state index in [1.165, 1.54) is 12.3 Å². The topological polar surface area (TPSA) is 101 Å². The van der Waals surface area contributed by atoms with Gasteiger partial charge in [-0.3, -0.25) is 0 Å². The van der Waals surface area contributed by atoms with Gasteiger partial charge in [-0.1, -0.05) is 0 Å². The van der Waals surface area contributed by atoms with Crippen LogP contribution in [0.5, 0.6) is 0 Å². The molecule has 1 aliphatic carbocycles. The van der Waals surface area contributed by atoms with Crippen molar-refractivity contribution in [2.75, 3.05) is 22.9 Å². The van der Waals surface area contributed by atoms with Crippen molar-refractivity contribution in [2.24, 2.45) is 0 Å². The van der Waals surface area contributed by atoms with Gasteiger partial charge in [0.05, 0.1) is 17.6 Å². The fourth-order valence-corrected chi connectivity index (χ4v) is 2.96. The summed E-state index contributed by atoms with van der Waals surface area (Å²) in [4.78, 5) is 16.0. The number of amides is 1. The number of anilines is 3. The number of alkyl carbamates (subject to hydrolysis) is 1. The van der Waals surface area contributed by atoms with Crippen LogP contribution in [0, 0.1) is 0 Å². The quantitative estimate of drug-likeness (QED) is 0.595. The van der Waals surface area contributed by atoms with Gasteiger partial charge in [-0.05, 0) is 46.5 Å². The van der Waals surface area contributed by atoms with Crippen LogP contribution in [0.2, 0.25) is 0 Å². The lowest BCUT2D eigenvalue weighted by atomic mass is 9.91. The highest BCUT2D eigenvalue weighted by Gasteiger charge is 2.27. The number of nitrogens with two attached hydrogens (primary N) is 1. The van der Waals surface area contributed by atoms with Gasteiger partial charge < -0.3 is 26.4 Å². The van der Waals surface area contributed by atoms with Crippen LogP contribution in [0.25, 0.3) is 0 Å². The summed E-state index contributed by atoms with van der Waals surface area (Å²) in [5, 5.41) is 8.38. The molecule has 0 aliphatic heterocycles. The van der Waals surface area contributed by atoms with E-state index in [9.17, 15) is 18.0 Å². The number of hydrogen-bond donors (Lipinski definition) is 4. The Morgan fingerprint density at radius 1 is 1.21 bits per heavy atom. The van der Waals surface area contributed by atoms with Gasteiger partial charge in [0.1, 0.15) is 18.0 Å². The van der Waals surface area contributed by atoms with Crippen LogP contribution >= 0.6 is 0 Å². The highest BCUT2D eigenvalue weighted by atomic mass is 19.4. The first-order chi connectivity index (χ1) is 12.9. The largest absolute Gasteiger partial charge is 0.444 e. The maximum atomic E-state index is 12.4. The Hall–Kier alpha value is -2.39. The second kappa shape index (κ2) is 8.74. The molecule has 0 aromatic carbocycles. The van der Waals surface area contributed by atoms with E-state index < -0.39 is 24.4 Å². The molecule has 158 valence electrons. The van der Waals surface area contributed by atoms with E-state index in [0.29, 0.717) is 5.82 Å². The van der Waals surface area contributed by atoms with Crippen molar-refractivity contribution in [1.29, 1.82) is 0 Å². The standard InChI is InChI=1S/C18H28F3N5O2/c1-17(2,3)28-16(27)26-12-6-4-11(5-7-12)25-15-8-14(13(22)9-23-15)24-10-18(19,20)21/h8-9,11-12H,4-7,10,22H2,1-3H3,(H,26,27)(H2,23,24,25). The van der Waals surface area contributed by atoms with Crippen LogP contribution in [0.15, 0.2) is 12.3 Å². The van der Waals surface area contributed by atoms with E-state index in [2.05, 4.69) is 20.9 Å². The molecule has 1 amide bonds. The summed E-state index contributed by atoms with van der Waals surface area (Å²) in [6.45, 7) is 4.27. The summed E-state index contributed by atoms with van der Waals surface area (Å²) in [7, 11) is 0. The Morgan fingerprint density at radius 2 is 1.82 bits per heavy atom. The number of ether oxygens (including phenoxy) is 1. The normalized spacial score (nSPS) is 20.4. The van der Waals surface area contributed by atoms with E-state index in [4.69, 9.17) is 10.5 Å². The number of nitrogen functional groups attached to an aromatic ring is 1. The lowest BCUT2D eigenvalue weighted by Gasteiger charge is -2.30. The minimum atomic E-state index is -4.33.